The zero-order valence-electron chi connectivity index (χ0n) is 12.9. The molecule has 1 N–H and O–H groups in total. The average Bonchev–Trinajstić information content (AvgIpc) is 2.45. The van der Waals surface area contributed by atoms with Gasteiger partial charge in [-0.3, -0.25) is 0 Å². The van der Waals surface area contributed by atoms with Crippen molar-refractivity contribution >= 4 is 10.0 Å². The molecule has 3 rings (SSSR count). The molecule has 1 aromatic rings. The van der Waals surface area contributed by atoms with Crippen molar-refractivity contribution in [2.75, 3.05) is 26.2 Å². The highest BCUT2D eigenvalue weighted by Gasteiger charge is 2.40. The Hall–Kier alpha value is -1.32. The van der Waals surface area contributed by atoms with Crippen LogP contribution >= 0.6 is 0 Å². The Balaban J connectivity index is 1.62. The van der Waals surface area contributed by atoms with Gasteiger partial charge >= 0.3 is 6.36 Å². The van der Waals surface area contributed by atoms with E-state index in [0.29, 0.717) is 24.9 Å². The number of nitrogens with one attached hydrogen (secondary N) is 1. The fraction of sp³-hybridized carbons (Fsp3) is 0.600. The maximum atomic E-state index is 12.5. The van der Waals surface area contributed by atoms with E-state index in [2.05, 4.69) is 10.1 Å². The molecule has 2 heterocycles. The van der Waals surface area contributed by atoms with Crippen LogP contribution in [-0.2, 0) is 10.0 Å². The predicted octanol–water partition coefficient (Wildman–Crippen LogP) is 2.21. The lowest BCUT2D eigenvalue weighted by Crippen LogP contribution is -2.53. The molecular weight excluding hydrogens is 345 g/mol. The van der Waals surface area contributed by atoms with E-state index in [-0.39, 0.29) is 4.90 Å². The zero-order valence-corrected chi connectivity index (χ0v) is 13.7. The molecule has 0 aromatic heterocycles. The van der Waals surface area contributed by atoms with Crippen molar-refractivity contribution in [3.8, 4) is 5.75 Å². The average molecular weight is 364 g/mol. The summed E-state index contributed by atoms with van der Waals surface area (Å²) in [7, 11) is -3.65. The van der Waals surface area contributed by atoms with E-state index in [1.165, 1.54) is 4.31 Å². The SMILES string of the molecule is O=S(=O)(c1ccc(OC(F)(F)F)cc1)N1CC(C2CCNCC2)C1. The lowest BCUT2D eigenvalue weighted by molar-refractivity contribution is -0.274. The molecule has 0 atom stereocenters. The number of ether oxygens (including phenoxy) is 1. The van der Waals surface area contributed by atoms with Gasteiger partial charge in [-0.05, 0) is 62.0 Å². The molecule has 5 nitrogen and oxygen atoms in total. The lowest BCUT2D eigenvalue weighted by Gasteiger charge is -2.43. The first-order chi connectivity index (χ1) is 11.3. The Morgan fingerprint density at radius 2 is 1.62 bits per heavy atom. The number of hydrogen-bond acceptors (Lipinski definition) is 4. The van der Waals surface area contributed by atoms with Crippen LogP contribution in [0.15, 0.2) is 29.2 Å². The van der Waals surface area contributed by atoms with Gasteiger partial charge in [-0.15, -0.1) is 13.2 Å². The largest absolute Gasteiger partial charge is 0.573 e. The van der Waals surface area contributed by atoms with Gasteiger partial charge in [-0.25, -0.2) is 8.42 Å². The summed E-state index contributed by atoms with van der Waals surface area (Å²) in [6.07, 6.45) is -2.68. The summed E-state index contributed by atoms with van der Waals surface area (Å²) < 4.78 is 66.5. The molecule has 2 fully saturated rings. The molecule has 134 valence electrons. The van der Waals surface area contributed by atoms with Gasteiger partial charge in [0.1, 0.15) is 5.75 Å². The van der Waals surface area contributed by atoms with Gasteiger partial charge in [-0.1, -0.05) is 0 Å². The molecule has 0 radical (unpaired) electrons. The van der Waals surface area contributed by atoms with Gasteiger partial charge in [0.25, 0.3) is 0 Å². The number of rotatable bonds is 4. The fourth-order valence-electron chi connectivity index (χ4n) is 3.24. The van der Waals surface area contributed by atoms with E-state index in [1.54, 1.807) is 0 Å². The number of piperidine rings is 1. The molecule has 24 heavy (non-hydrogen) atoms. The van der Waals surface area contributed by atoms with Gasteiger partial charge < -0.3 is 10.1 Å². The molecule has 9 heteroatoms. The second kappa shape index (κ2) is 6.53. The van der Waals surface area contributed by atoms with Gasteiger partial charge in [0, 0.05) is 13.1 Å². The molecule has 1 aromatic carbocycles. The lowest BCUT2D eigenvalue weighted by atomic mass is 9.81. The molecule has 2 saturated heterocycles. The third-order valence-electron chi connectivity index (χ3n) is 4.62. The van der Waals surface area contributed by atoms with E-state index < -0.39 is 22.1 Å². The highest BCUT2D eigenvalue weighted by Crippen LogP contribution is 2.34. The van der Waals surface area contributed by atoms with E-state index in [9.17, 15) is 21.6 Å². The highest BCUT2D eigenvalue weighted by atomic mass is 32.2. The van der Waals surface area contributed by atoms with Crippen LogP contribution in [0.5, 0.6) is 5.75 Å². The normalized spacial score (nSPS) is 21.5. The molecule has 0 amide bonds. The zero-order chi connectivity index (χ0) is 17.4. The number of nitrogens with zero attached hydrogens (tertiary/aromatic N) is 1. The first kappa shape index (κ1) is 17.5. The van der Waals surface area contributed by atoms with E-state index in [1.807, 2.05) is 0 Å². The van der Waals surface area contributed by atoms with Crippen molar-refractivity contribution in [2.24, 2.45) is 11.8 Å². The van der Waals surface area contributed by atoms with Crippen LogP contribution in [0.2, 0.25) is 0 Å². The first-order valence-corrected chi connectivity index (χ1v) is 9.26. The summed E-state index contributed by atoms with van der Waals surface area (Å²) in [5, 5.41) is 3.28. The maximum Gasteiger partial charge on any atom is 0.573 e. The number of benzene rings is 1. The minimum Gasteiger partial charge on any atom is -0.406 e. The van der Waals surface area contributed by atoms with Crippen molar-refractivity contribution in [1.82, 2.24) is 9.62 Å². The second-order valence-electron chi connectivity index (χ2n) is 6.19. The molecular formula is C15H19F3N2O3S. The Bertz CT molecular complexity index is 664. The third-order valence-corrected chi connectivity index (χ3v) is 6.47. The fourth-order valence-corrected chi connectivity index (χ4v) is 4.80. The number of alkyl halides is 3. The molecule has 0 unspecified atom stereocenters. The van der Waals surface area contributed by atoms with Crippen molar-refractivity contribution in [3.05, 3.63) is 24.3 Å². The third kappa shape index (κ3) is 3.84. The van der Waals surface area contributed by atoms with Gasteiger partial charge in [0.15, 0.2) is 0 Å². The minimum absolute atomic E-state index is 0.0132. The van der Waals surface area contributed by atoms with E-state index >= 15 is 0 Å². The van der Waals surface area contributed by atoms with Crippen LogP contribution < -0.4 is 10.1 Å². The summed E-state index contributed by atoms with van der Waals surface area (Å²) in [5.74, 6) is 0.479. The van der Waals surface area contributed by atoms with Gasteiger partial charge in [-0.2, -0.15) is 4.31 Å². The molecule has 0 bridgehead atoms. The quantitative estimate of drug-likeness (QED) is 0.890. The number of halogens is 3. The Labute approximate surface area is 138 Å². The minimum atomic E-state index is -4.79. The van der Waals surface area contributed by atoms with Crippen LogP contribution in [0.4, 0.5) is 13.2 Å². The van der Waals surface area contributed by atoms with Crippen LogP contribution in [-0.4, -0.2) is 45.3 Å². The van der Waals surface area contributed by atoms with Crippen LogP contribution in [0.25, 0.3) is 0 Å². The molecule has 0 aliphatic carbocycles. The Morgan fingerprint density at radius 1 is 1.04 bits per heavy atom. The van der Waals surface area contributed by atoms with Crippen molar-refractivity contribution in [2.45, 2.75) is 24.1 Å². The highest BCUT2D eigenvalue weighted by molar-refractivity contribution is 7.89. The summed E-state index contributed by atoms with van der Waals surface area (Å²) in [6, 6.07) is 4.33. The summed E-state index contributed by atoms with van der Waals surface area (Å²) in [4.78, 5) is -0.0132. The van der Waals surface area contributed by atoms with Crippen molar-refractivity contribution in [3.63, 3.8) is 0 Å². The monoisotopic (exact) mass is 364 g/mol. The summed E-state index contributed by atoms with van der Waals surface area (Å²) in [5.41, 5.74) is 0. The van der Waals surface area contributed by atoms with Crippen molar-refractivity contribution < 1.29 is 26.3 Å². The number of sulfonamides is 1. The smallest absolute Gasteiger partial charge is 0.406 e. The molecule has 2 aliphatic rings. The Morgan fingerprint density at radius 3 is 2.17 bits per heavy atom. The van der Waals surface area contributed by atoms with Gasteiger partial charge in [0.05, 0.1) is 4.90 Å². The predicted molar refractivity (Wildman–Crippen MR) is 81.0 cm³/mol. The standard InChI is InChI=1S/C15H19F3N2O3S/c16-15(17,18)23-13-1-3-14(4-2-13)24(21,22)20-9-12(10-20)11-5-7-19-8-6-11/h1-4,11-12,19H,5-10H2. The van der Waals surface area contributed by atoms with Crippen LogP contribution in [0.3, 0.4) is 0 Å². The summed E-state index contributed by atoms with van der Waals surface area (Å²) in [6.45, 7) is 2.89. The molecule has 0 spiro atoms. The summed E-state index contributed by atoms with van der Waals surface area (Å²) >= 11 is 0. The maximum absolute atomic E-state index is 12.5. The van der Waals surface area contributed by atoms with Crippen LogP contribution in [0.1, 0.15) is 12.8 Å². The van der Waals surface area contributed by atoms with Crippen molar-refractivity contribution in [1.29, 1.82) is 0 Å². The van der Waals surface area contributed by atoms with Gasteiger partial charge in [0.2, 0.25) is 10.0 Å². The van der Waals surface area contributed by atoms with E-state index in [0.717, 1.165) is 50.2 Å². The first-order valence-electron chi connectivity index (χ1n) is 7.82. The molecule has 2 aliphatic heterocycles. The Kier molecular flexibility index (Phi) is 4.76. The topological polar surface area (TPSA) is 58.6 Å². The number of hydrogen-bond donors (Lipinski definition) is 1. The molecule has 0 saturated carbocycles. The second-order valence-corrected chi connectivity index (χ2v) is 8.13. The van der Waals surface area contributed by atoms with E-state index in [4.69, 9.17) is 0 Å². The van der Waals surface area contributed by atoms with Crippen LogP contribution in [0, 0.1) is 11.8 Å².